The molecule has 0 amide bonds. The van der Waals surface area contributed by atoms with Gasteiger partial charge in [0.1, 0.15) is 0 Å². The van der Waals surface area contributed by atoms with Crippen LogP contribution in [0.15, 0.2) is 29.2 Å². The third-order valence-electron chi connectivity index (χ3n) is 3.91. The van der Waals surface area contributed by atoms with Crippen LogP contribution in [-0.4, -0.2) is 23.0 Å². The molecule has 1 atom stereocenters. The number of nitrogens with two attached hydrogens (primary N) is 1. The van der Waals surface area contributed by atoms with E-state index in [4.69, 9.17) is 5.73 Å². The molecule has 3 N–H and O–H groups in total. The maximum absolute atomic E-state index is 9.49. The minimum Gasteiger partial charge on any atom is -0.394 e. The first-order valence-corrected chi connectivity index (χ1v) is 7.97. The summed E-state index contributed by atoms with van der Waals surface area (Å²) in [5.41, 5.74) is 7.43. The van der Waals surface area contributed by atoms with E-state index < -0.39 is 5.54 Å². The van der Waals surface area contributed by atoms with Crippen LogP contribution in [0.2, 0.25) is 0 Å². The van der Waals surface area contributed by atoms with Crippen LogP contribution in [0.5, 0.6) is 0 Å². The molecule has 0 aliphatic heterocycles. The Morgan fingerprint density at radius 3 is 2.21 bits per heavy atom. The van der Waals surface area contributed by atoms with Crippen molar-refractivity contribution in [2.45, 2.75) is 49.5 Å². The summed E-state index contributed by atoms with van der Waals surface area (Å²) in [6.45, 7) is 6.75. The molecule has 1 aromatic carbocycles. The van der Waals surface area contributed by atoms with Crippen LogP contribution >= 0.6 is 11.8 Å². The van der Waals surface area contributed by atoms with E-state index in [0.717, 1.165) is 5.75 Å². The van der Waals surface area contributed by atoms with E-state index in [1.54, 1.807) is 11.8 Å². The molecule has 0 aromatic heterocycles. The second-order valence-corrected chi connectivity index (χ2v) is 7.78. The molecule has 2 nitrogen and oxygen atoms in total. The van der Waals surface area contributed by atoms with Crippen molar-refractivity contribution in [1.82, 2.24) is 0 Å². The number of hydrogen-bond acceptors (Lipinski definition) is 3. The van der Waals surface area contributed by atoms with Crippen LogP contribution in [0.25, 0.3) is 0 Å². The standard InChI is InChI=1S/C16H25NOS/c1-15(2,3)12-6-8-14(9-7-12)19-11-16(17,10-18)13-4-5-13/h6-9,13,18H,4-5,10-11,17H2,1-3H3. The van der Waals surface area contributed by atoms with Gasteiger partial charge in [-0.2, -0.15) is 0 Å². The summed E-state index contributed by atoms with van der Waals surface area (Å²) in [7, 11) is 0. The molecule has 1 fully saturated rings. The largest absolute Gasteiger partial charge is 0.394 e. The lowest BCUT2D eigenvalue weighted by Gasteiger charge is -2.26. The fourth-order valence-corrected chi connectivity index (χ4v) is 3.31. The monoisotopic (exact) mass is 279 g/mol. The van der Waals surface area contributed by atoms with Gasteiger partial charge in [-0.15, -0.1) is 11.8 Å². The summed E-state index contributed by atoms with van der Waals surface area (Å²) in [5, 5.41) is 9.49. The van der Waals surface area contributed by atoms with E-state index in [0.29, 0.717) is 5.92 Å². The van der Waals surface area contributed by atoms with Crippen LogP contribution in [0.3, 0.4) is 0 Å². The van der Waals surface area contributed by atoms with Crippen molar-refractivity contribution in [3.05, 3.63) is 29.8 Å². The normalized spacial score (nSPS) is 19.2. The molecule has 0 spiro atoms. The van der Waals surface area contributed by atoms with Crippen molar-refractivity contribution in [1.29, 1.82) is 0 Å². The topological polar surface area (TPSA) is 46.2 Å². The van der Waals surface area contributed by atoms with Gasteiger partial charge in [0.25, 0.3) is 0 Å². The summed E-state index contributed by atoms with van der Waals surface area (Å²) in [6.07, 6.45) is 2.33. The fourth-order valence-electron chi connectivity index (χ4n) is 2.22. The number of hydrogen-bond donors (Lipinski definition) is 2. The van der Waals surface area contributed by atoms with Gasteiger partial charge in [-0.25, -0.2) is 0 Å². The number of thioether (sulfide) groups is 1. The number of aliphatic hydroxyl groups excluding tert-OH is 1. The second-order valence-electron chi connectivity index (χ2n) is 6.73. The van der Waals surface area contributed by atoms with Crippen LogP contribution in [0.4, 0.5) is 0 Å². The van der Waals surface area contributed by atoms with Crippen molar-refractivity contribution in [3.63, 3.8) is 0 Å². The minimum atomic E-state index is -0.395. The van der Waals surface area contributed by atoms with Crippen LogP contribution in [0.1, 0.15) is 39.2 Å². The van der Waals surface area contributed by atoms with Gasteiger partial charge in [-0.3, -0.25) is 0 Å². The van der Waals surface area contributed by atoms with Crippen LogP contribution in [-0.2, 0) is 5.41 Å². The van der Waals surface area contributed by atoms with Crippen molar-refractivity contribution in [2.75, 3.05) is 12.4 Å². The Hall–Kier alpha value is -0.510. The lowest BCUT2D eigenvalue weighted by Crippen LogP contribution is -2.48. The molecule has 1 saturated carbocycles. The fraction of sp³-hybridized carbons (Fsp3) is 0.625. The van der Waals surface area contributed by atoms with Gasteiger partial charge in [-0.05, 0) is 41.9 Å². The zero-order valence-corrected chi connectivity index (χ0v) is 13.0. The van der Waals surface area contributed by atoms with Crippen LogP contribution < -0.4 is 5.73 Å². The first kappa shape index (κ1) is 14.9. The van der Waals surface area contributed by atoms with E-state index in [2.05, 4.69) is 45.0 Å². The Labute approximate surface area is 120 Å². The summed E-state index contributed by atoms with van der Waals surface area (Å²) >= 11 is 1.75. The predicted molar refractivity (Wildman–Crippen MR) is 82.6 cm³/mol. The molecule has 1 unspecified atom stereocenters. The van der Waals surface area contributed by atoms with Gasteiger partial charge in [-0.1, -0.05) is 32.9 Å². The highest BCUT2D eigenvalue weighted by atomic mass is 32.2. The molecule has 0 heterocycles. The first-order chi connectivity index (χ1) is 8.85. The number of aliphatic hydroxyl groups is 1. The molecule has 1 aromatic rings. The van der Waals surface area contributed by atoms with Gasteiger partial charge >= 0.3 is 0 Å². The summed E-state index contributed by atoms with van der Waals surface area (Å²) in [4.78, 5) is 1.23. The molecular formula is C16H25NOS. The molecule has 0 radical (unpaired) electrons. The lowest BCUT2D eigenvalue weighted by molar-refractivity contribution is 0.194. The second kappa shape index (κ2) is 5.47. The number of benzene rings is 1. The Balaban J connectivity index is 1.96. The third-order valence-corrected chi connectivity index (χ3v) is 5.20. The number of rotatable bonds is 5. The average molecular weight is 279 g/mol. The maximum Gasteiger partial charge on any atom is 0.0622 e. The summed E-state index contributed by atoms with van der Waals surface area (Å²) in [6, 6.07) is 8.71. The summed E-state index contributed by atoms with van der Waals surface area (Å²) in [5.74, 6) is 1.31. The van der Waals surface area contributed by atoms with E-state index >= 15 is 0 Å². The lowest BCUT2D eigenvalue weighted by atomic mass is 9.87. The highest BCUT2D eigenvalue weighted by Gasteiger charge is 2.41. The average Bonchev–Trinajstić information content (AvgIpc) is 3.20. The maximum atomic E-state index is 9.49. The van der Waals surface area contributed by atoms with Gasteiger partial charge < -0.3 is 10.8 Å². The van der Waals surface area contributed by atoms with Crippen molar-refractivity contribution >= 4 is 11.8 Å². The Bertz CT molecular complexity index is 419. The third kappa shape index (κ3) is 3.74. The molecule has 19 heavy (non-hydrogen) atoms. The van der Waals surface area contributed by atoms with E-state index in [1.165, 1.54) is 23.3 Å². The quantitative estimate of drug-likeness (QED) is 0.814. The van der Waals surface area contributed by atoms with Gasteiger partial charge in [0.05, 0.1) is 12.1 Å². The molecule has 1 aliphatic rings. The Morgan fingerprint density at radius 1 is 1.21 bits per heavy atom. The predicted octanol–water partition coefficient (Wildman–Crippen LogP) is 3.18. The molecule has 3 heteroatoms. The molecule has 106 valence electrons. The highest BCUT2D eigenvalue weighted by molar-refractivity contribution is 7.99. The highest BCUT2D eigenvalue weighted by Crippen LogP contribution is 2.40. The summed E-state index contributed by atoms with van der Waals surface area (Å²) < 4.78 is 0. The molecule has 1 aliphatic carbocycles. The first-order valence-electron chi connectivity index (χ1n) is 6.98. The van der Waals surface area contributed by atoms with Crippen molar-refractivity contribution in [3.8, 4) is 0 Å². The van der Waals surface area contributed by atoms with Gasteiger partial charge in [0, 0.05) is 10.6 Å². The van der Waals surface area contributed by atoms with E-state index in [1.807, 2.05) is 0 Å². The van der Waals surface area contributed by atoms with Crippen molar-refractivity contribution in [2.24, 2.45) is 11.7 Å². The smallest absolute Gasteiger partial charge is 0.0622 e. The SMILES string of the molecule is CC(C)(C)c1ccc(SCC(N)(CO)C2CC2)cc1. The van der Waals surface area contributed by atoms with Crippen molar-refractivity contribution < 1.29 is 5.11 Å². The van der Waals surface area contributed by atoms with Gasteiger partial charge in [0.15, 0.2) is 0 Å². The van der Waals surface area contributed by atoms with Crippen LogP contribution in [0, 0.1) is 5.92 Å². The Morgan fingerprint density at radius 2 is 1.79 bits per heavy atom. The van der Waals surface area contributed by atoms with E-state index in [-0.39, 0.29) is 12.0 Å². The zero-order valence-electron chi connectivity index (χ0n) is 12.1. The van der Waals surface area contributed by atoms with E-state index in [9.17, 15) is 5.11 Å². The molecular weight excluding hydrogens is 254 g/mol. The van der Waals surface area contributed by atoms with Gasteiger partial charge in [0.2, 0.25) is 0 Å². The minimum absolute atomic E-state index is 0.0880. The Kier molecular flexibility index (Phi) is 4.29. The molecule has 0 saturated heterocycles. The molecule has 0 bridgehead atoms. The molecule has 2 rings (SSSR count). The zero-order chi connectivity index (χ0) is 14.1.